The number of halogens is 3. The second kappa shape index (κ2) is 11.4. The molecular formula is C32H30F3N7O3. The molecule has 1 aliphatic rings. The smallest absolute Gasteiger partial charge is 0.407 e. The van der Waals surface area contributed by atoms with Gasteiger partial charge in [0.15, 0.2) is 17.5 Å². The van der Waals surface area contributed by atoms with Gasteiger partial charge in [-0.3, -0.25) is 9.78 Å². The molecule has 1 N–H and O–H groups in total. The lowest BCUT2D eigenvalue weighted by Gasteiger charge is -2.24. The molecule has 1 amide bonds. The van der Waals surface area contributed by atoms with E-state index in [4.69, 9.17) is 9.72 Å². The fourth-order valence-electron chi connectivity index (χ4n) is 5.60. The standard InChI is InChI=1S/C32H30F3N7O3/c1-32(2,3)45-31(44)38-18-12-15-41(17-18)27-19(20-11-14-37-42(30(20)43)28-22(33)6-5-7-23(28)34)8-9-25-26(27)39-29(40(25)4)21-10-13-36-16-24(21)35/h5-11,13-14,16,18H,12,15,17H2,1-4H3,(H,38,44)/t18-/m0/s1. The van der Waals surface area contributed by atoms with Crippen LogP contribution in [0.2, 0.25) is 0 Å². The lowest BCUT2D eigenvalue weighted by molar-refractivity contribution is 0.0509. The molecule has 0 aliphatic carbocycles. The van der Waals surface area contributed by atoms with Gasteiger partial charge in [-0.2, -0.15) is 9.78 Å². The number of pyridine rings is 1. The van der Waals surface area contributed by atoms with Crippen LogP contribution in [-0.2, 0) is 11.8 Å². The largest absolute Gasteiger partial charge is 0.444 e. The lowest BCUT2D eigenvalue weighted by atomic mass is 10.0. The molecule has 1 fully saturated rings. The second-order valence-corrected chi connectivity index (χ2v) is 11.8. The predicted octanol–water partition coefficient (Wildman–Crippen LogP) is 5.37. The highest BCUT2D eigenvalue weighted by molar-refractivity contribution is 6.00. The first-order chi connectivity index (χ1) is 21.4. The van der Waals surface area contributed by atoms with Crippen LogP contribution < -0.4 is 15.8 Å². The van der Waals surface area contributed by atoms with Gasteiger partial charge in [0.2, 0.25) is 0 Å². The number of nitrogens with one attached hydrogen (secondary N) is 1. The molecule has 2 aromatic carbocycles. The minimum absolute atomic E-state index is 0.121. The van der Waals surface area contributed by atoms with Crippen LogP contribution in [0.3, 0.4) is 0 Å². The van der Waals surface area contributed by atoms with Crippen molar-refractivity contribution in [1.29, 1.82) is 0 Å². The van der Waals surface area contributed by atoms with Crippen LogP contribution in [0.5, 0.6) is 0 Å². The predicted molar refractivity (Wildman–Crippen MR) is 163 cm³/mol. The lowest BCUT2D eigenvalue weighted by Crippen LogP contribution is -2.40. The summed E-state index contributed by atoms with van der Waals surface area (Å²) in [6.07, 6.45) is 3.89. The van der Waals surface area contributed by atoms with Crippen molar-refractivity contribution in [2.24, 2.45) is 7.05 Å². The normalized spacial score (nSPS) is 15.1. The van der Waals surface area contributed by atoms with Crippen LogP contribution in [0.1, 0.15) is 27.2 Å². The summed E-state index contributed by atoms with van der Waals surface area (Å²) in [5.41, 5.74) is 0.436. The number of alkyl carbamates (subject to hydrolysis) is 1. The summed E-state index contributed by atoms with van der Waals surface area (Å²) in [6.45, 7) is 6.16. The van der Waals surface area contributed by atoms with Gasteiger partial charge in [0.25, 0.3) is 5.56 Å². The van der Waals surface area contributed by atoms with E-state index in [0.717, 1.165) is 18.3 Å². The number of rotatable bonds is 5. The van der Waals surface area contributed by atoms with E-state index in [1.54, 1.807) is 44.5 Å². The van der Waals surface area contributed by atoms with Gasteiger partial charge < -0.3 is 19.5 Å². The Bertz CT molecular complexity index is 1980. The monoisotopic (exact) mass is 617 g/mol. The molecule has 0 radical (unpaired) electrons. The third kappa shape index (κ3) is 5.61. The number of hydrogen-bond acceptors (Lipinski definition) is 7. The number of carbonyl (C=O) groups is 1. The average Bonchev–Trinajstić information content (AvgIpc) is 3.56. The minimum atomic E-state index is -0.943. The maximum atomic E-state index is 14.9. The van der Waals surface area contributed by atoms with Gasteiger partial charge in [-0.05, 0) is 63.6 Å². The number of hydrogen-bond donors (Lipinski definition) is 1. The minimum Gasteiger partial charge on any atom is -0.444 e. The molecule has 1 saturated heterocycles. The SMILES string of the molecule is Cn1c(-c2ccncc2F)nc2c(N3CC[C@H](NC(=O)OC(C)(C)C)C3)c(-c3ccnn(-c4c(F)cccc4F)c3=O)ccc21. The van der Waals surface area contributed by atoms with Crippen molar-refractivity contribution in [2.45, 2.75) is 38.8 Å². The number of para-hydroxylation sites is 1. The number of imidazole rings is 1. The van der Waals surface area contributed by atoms with Crippen molar-refractivity contribution in [3.63, 3.8) is 0 Å². The molecule has 13 heteroatoms. The number of carbonyl (C=O) groups excluding carboxylic acids is 1. The average molecular weight is 618 g/mol. The summed E-state index contributed by atoms with van der Waals surface area (Å²) in [5, 5.41) is 6.87. The molecule has 6 rings (SSSR count). The zero-order valence-corrected chi connectivity index (χ0v) is 25.0. The number of nitrogens with zero attached hydrogens (tertiary/aromatic N) is 6. The highest BCUT2D eigenvalue weighted by Gasteiger charge is 2.31. The Morgan fingerprint density at radius 1 is 0.956 bits per heavy atom. The molecule has 0 unspecified atom stereocenters. The molecule has 3 aromatic heterocycles. The number of anilines is 1. The first-order valence-electron chi connectivity index (χ1n) is 14.3. The Kier molecular flexibility index (Phi) is 7.55. The van der Waals surface area contributed by atoms with Crippen LogP contribution in [0.25, 0.3) is 39.2 Å². The van der Waals surface area contributed by atoms with Crippen molar-refractivity contribution in [3.8, 4) is 28.2 Å². The van der Waals surface area contributed by atoms with Crippen molar-refractivity contribution < 1.29 is 22.7 Å². The molecule has 1 atom stereocenters. The summed E-state index contributed by atoms with van der Waals surface area (Å²) in [6, 6.07) is 9.49. The van der Waals surface area contributed by atoms with Gasteiger partial charge in [-0.1, -0.05) is 6.07 Å². The summed E-state index contributed by atoms with van der Waals surface area (Å²) in [5.74, 6) is -2.10. The van der Waals surface area contributed by atoms with Gasteiger partial charge in [0.1, 0.15) is 22.6 Å². The third-order valence-corrected chi connectivity index (χ3v) is 7.55. The first-order valence-corrected chi connectivity index (χ1v) is 14.3. The molecule has 4 heterocycles. The summed E-state index contributed by atoms with van der Waals surface area (Å²) in [4.78, 5) is 37.1. The summed E-state index contributed by atoms with van der Waals surface area (Å²) < 4.78 is 52.2. The Morgan fingerprint density at radius 2 is 1.69 bits per heavy atom. The van der Waals surface area contributed by atoms with E-state index < -0.39 is 40.4 Å². The van der Waals surface area contributed by atoms with E-state index in [0.29, 0.717) is 52.3 Å². The number of aryl methyl sites for hydroxylation is 1. The Balaban J connectivity index is 1.51. The Labute approximate surface area is 256 Å². The molecule has 232 valence electrons. The first kappa shape index (κ1) is 29.9. The second-order valence-electron chi connectivity index (χ2n) is 11.8. The van der Waals surface area contributed by atoms with Crippen molar-refractivity contribution >= 4 is 22.8 Å². The van der Waals surface area contributed by atoms with Crippen LogP contribution in [0.4, 0.5) is 23.7 Å². The van der Waals surface area contributed by atoms with Crippen LogP contribution in [0, 0.1) is 17.5 Å². The Hall–Kier alpha value is -5.20. The van der Waals surface area contributed by atoms with Gasteiger partial charge in [-0.15, -0.1) is 0 Å². The van der Waals surface area contributed by atoms with Crippen LogP contribution in [-0.4, -0.2) is 55.1 Å². The topological polar surface area (TPSA) is 107 Å². The van der Waals surface area contributed by atoms with Gasteiger partial charge in [0, 0.05) is 38.1 Å². The number of amides is 1. The number of fused-ring (bicyclic) bond motifs is 1. The fraction of sp³-hybridized carbons (Fsp3) is 0.281. The van der Waals surface area contributed by atoms with E-state index in [9.17, 15) is 22.8 Å². The molecule has 0 spiro atoms. The van der Waals surface area contributed by atoms with E-state index in [-0.39, 0.29) is 17.2 Å². The van der Waals surface area contributed by atoms with Gasteiger partial charge in [-0.25, -0.2) is 22.9 Å². The molecule has 0 saturated carbocycles. The van der Waals surface area contributed by atoms with Gasteiger partial charge in [0.05, 0.1) is 34.6 Å². The van der Waals surface area contributed by atoms with Crippen LogP contribution in [0.15, 0.2) is 65.8 Å². The van der Waals surface area contributed by atoms with E-state index >= 15 is 0 Å². The maximum Gasteiger partial charge on any atom is 0.407 e. The molecule has 10 nitrogen and oxygen atoms in total. The summed E-state index contributed by atoms with van der Waals surface area (Å²) >= 11 is 0. The third-order valence-electron chi connectivity index (χ3n) is 7.55. The quantitative estimate of drug-likeness (QED) is 0.283. The molecule has 0 bridgehead atoms. The fourth-order valence-corrected chi connectivity index (χ4v) is 5.60. The van der Waals surface area contributed by atoms with Crippen molar-refractivity contribution in [2.75, 3.05) is 18.0 Å². The number of ether oxygens (including phenoxy) is 1. The highest BCUT2D eigenvalue weighted by atomic mass is 19.1. The number of aromatic nitrogens is 5. The molecule has 45 heavy (non-hydrogen) atoms. The molecule has 1 aliphatic heterocycles. The maximum absolute atomic E-state index is 14.9. The Morgan fingerprint density at radius 3 is 2.40 bits per heavy atom. The van der Waals surface area contributed by atoms with Gasteiger partial charge >= 0.3 is 6.09 Å². The highest BCUT2D eigenvalue weighted by Crippen LogP contribution is 2.39. The van der Waals surface area contributed by atoms with Crippen LogP contribution >= 0.6 is 0 Å². The molecule has 5 aromatic rings. The van der Waals surface area contributed by atoms with E-state index in [2.05, 4.69) is 15.4 Å². The zero-order chi connectivity index (χ0) is 32.0. The molecular weight excluding hydrogens is 587 g/mol. The van der Waals surface area contributed by atoms with E-state index in [1.807, 2.05) is 4.90 Å². The summed E-state index contributed by atoms with van der Waals surface area (Å²) in [7, 11) is 1.76. The van der Waals surface area contributed by atoms with Crippen molar-refractivity contribution in [3.05, 3.63) is 88.9 Å². The van der Waals surface area contributed by atoms with E-state index in [1.165, 1.54) is 30.6 Å². The van der Waals surface area contributed by atoms with Crippen molar-refractivity contribution in [1.82, 2.24) is 29.6 Å². The zero-order valence-electron chi connectivity index (χ0n) is 25.0. The number of benzene rings is 2.